The molecule has 1 aromatic carbocycles. The number of carbonyl (C=O) groups excluding carboxylic acids is 1. The van der Waals surface area contributed by atoms with Crippen LogP contribution in [0.3, 0.4) is 0 Å². The first-order valence-electron chi connectivity index (χ1n) is 5.99. The normalized spacial score (nSPS) is 15.2. The van der Waals surface area contributed by atoms with E-state index in [0.717, 1.165) is 10.2 Å². The number of hydrogen-bond donors (Lipinski definition) is 1. The van der Waals surface area contributed by atoms with Gasteiger partial charge in [0.15, 0.2) is 0 Å². The molecule has 5 nitrogen and oxygen atoms in total. The van der Waals surface area contributed by atoms with Crippen LogP contribution < -0.4 is 4.90 Å². The molecule has 2 rings (SSSR count). The number of hydrogen-bond acceptors (Lipinski definition) is 4. The standard InChI is InChI=1S/C13H14BrN3O2/c14-11-1-2-12(10(7-11)8-15)16-3-5-17(6-4-16)13(19)9-18/h1-2,7,18H,3-6,9H2. The lowest BCUT2D eigenvalue weighted by atomic mass is 10.1. The van der Waals surface area contributed by atoms with Gasteiger partial charge in [-0.1, -0.05) is 15.9 Å². The fraction of sp³-hybridized carbons (Fsp3) is 0.385. The van der Waals surface area contributed by atoms with Crippen LogP contribution in [0.15, 0.2) is 22.7 Å². The summed E-state index contributed by atoms with van der Waals surface area (Å²) in [5.41, 5.74) is 1.51. The Morgan fingerprint density at radius 3 is 2.63 bits per heavy atom. The smallest absolute Gasteiger partial charge is 0.248 e. The summed E-state index contributed by atoms with van der Waals surface area (Å²) in [6.07, 6.45) is 0. The van der Waals surface area contributed by atoms with E-state index in [-0.39, 0.29) is 5.91 Å². The van der Waals surface area contributed by atoms with E-state index in [1.807, 2.05) is 12.1 Å². The van der Waals surface area contributed by atoms with Gasteiger partial charge in [-0.05, 0) is 18.2 Å². The summed E-state index contributed by atoms with van der Waals surface area (Å²) in [4.78, 5) is 15.1. The molecule has 0 spiro atoms. The minimum Gasteiger partial charge on any atom is -0.387 e. The van der Waals surface area contributed by atoms with Crippen LogP contribution in [-0.4, -0.2) is 48.7 Å². The molecule has 1 saturated heterocycles. The molecule has 1 aromatic rings. The number of carbonyl (C=O) groups is 1. The lowest BCUT2D eigenvalue weighted by molar-refractivity contribution is -0.134. The van der Waals surface area contributed by atoms with Gasteiger partial charge < -0.3 is 14.9 Å². The quantitative estimate of drug-likeness (QED) is 0.880. The van der Waals surface area contributed by atoms with Gasteiger partial charge in [-0.15, -0.1) is 0 Å². The van der Waals surface area contributed by atoms with E-state index >= 15 is 0 Å². The summed E-state index contributed by atoms with van der Waals surface area (Å²) in [6.45, 7) is 2.03. The molecule has 1 amide bonds. The van der Waals surface area contributed by atoms with Crippen LogP contribution in [0, 0.1) is 11.3 Å². The number of nitriles is 1. The molecule has 19 heavy (non-hydrogen) atoms. The Balaban J connectivity index is 2.10. The Labute approximate surface area is 120 Å². The third-order valence-electron chi connectivity index (χ3n) is 3.19. The highest BCUT2D eigenvalue weighted by Gasteiger charge is 2.22. The molecule has 0 aromatic heterocycles. The van der Waals surface area contributed by atoms with Crippen molar-refractivity contribution in [2.24, 2.45) is 0 Å². The molecular formula is C13H14BrN3O2. The van der Waals surface area contributed by atoms with Crippen molar-refractivity contribution in [3.05, 3.63) is 28.2 Å². The fourth-order valence-electron chi connectivity index (χ4n) is 2.17. The van der Waals surface area contributed by atoms with Crippen molar-refractivity contribution in [1.29, 1.82) is 5.26 Å². The molecular weight excluding hydrogens is 310 g/mol. The molecule has 0 radical (unpaired) electrons. The third-order valence-corrected chi connectivity index (χ3v) is 3.68. The van der Waals surface area contributed by atoms with Crippen molar-refractivity contribution in [1.82, 2.24) is 4.90 Å². The molecule has 1 heterocycles. The second-order valence-electron chi connectivity index (χ2n) is 4.30. The SMILES string of the molecule is N#Cc1cc(Br)ccc1N1CCN(C(=O)CO)CC1. The maximum Gasteiger partial charge on any atom is 0.248 e. The molecule has 0 bridgehead atoms. The summed E-state index contributed by atoms with van der Waals surface area (Å²) in [6, 6.07) is 7.79. The number of aliphatic hydroxyl groups is 1. The van der Waals surface area contributed by atoms with Crippen molar-refractivity contribution in [3.63, 3.8) is 0 Å². The first-order chi connectivity index (χ1) is 9.15. The zero-order valence-corrected chi connectivity index (χ0v) is 11.9. The molecule has 100 valence electrons. The molecule has 0 aliphatic carbocycles. The van der Waals surface area contributed by atoms with Gasteiger partial charge in [-0.3, -0.25) is 4.79 Å². The Morgan fingerprint density at radius 1 is 1.37 bits per heavy atom. The fourth-order valence-corrected chi connectivity index (χ4v) is 2.53. The van der Waals surface area contributed by atoms with Crippen molar-refractivity contribution < 1.29 is 9.90 Å². The number of rotatable bonds is 2. The van der Waals surface area contributed by atoms with Gasteiger partial charge in [0.25, 0.3) is 0 Å². The third kappa shape index (κ3) is 3.06. The van der Waals surface area contributed by atoms with E-state index in [4.69, 9.17) is 10.4 Å². The number of amides is 1. The van der Waals surface area contributed by atoms with E-state index in [1.54, 1.807) is 11.0 Å². The lowest BCUT2D eigenvalue weighted by Crippen LogP contribution is -2.49. The zero-order valence-electron chi connectivity index (χ0n) is 10.3. The van der Waals surface area contributed by atoms with Crippen LogP contribution >= 0.6 is 15.9 Å². The summed E-state index contributed by atoms with van der Waals surface area (Å²) < 4.78 is 0.877. The van der Waals surface area contributed by atoms with Crippen LogP contribution in [0.5, 0.6) is 0 Å². The summed E-state index contributed by atoms with van der Waals surface area (Å²) in [7, 11) is 0. The second-order valence-corrected chi connectivity index (χ2v) is 5.21. The van der Waals surface area contributed by atoms with E-state index in [9.17, 15) is 4.79 Å². The Morgan fingerprint density at radius 2 is 2.05 bits per heavy atom. The predicted molar refractivity (Wildman–Crippen MR) is 74.7 cm³/mol. The minimum absolute atomic E-state index is 0.240. The molecule has 0 unspecified atom stereocenters. The van der Waals surface area contributed by atoms with Crippen LogP contribution in [0.4, 0.5) is 5.69 Å². The molecule has 0 atom stereocenters. The summed E-state index contributed by atoms with van der Waals surface area (Å²) in [5.74, 6) is -0.240. The molecule has 1 aliphatic rings. The van der Waals surface area contributed by atoms with Crippen LogP contribution in [0.2, 0.25) is 0 Å². The van der Waals surface area contributed by atoms with Gasteiger partial charge in [0.2, 0.25) is 5.91 Å². The van der Waals surface area contributed by atoms with Gasteiger partial charge in [0.05, 0.1) is 11.3 Å². The minimum atomic E-state index is -0.443. The zero-order chi connectivity index (χ0) is 13.8. The van der Waals surface area contributed by atoms with E-state index < -0.39 is 6.61 Å². The van der Waals surface area contributed by atoms with Crippen LogP contribution in [0.1, 0.15) is 5.56 Å². The van der Waals surface area contributed by atoms with Crippen molar-refractivity contribution >= 4 is 27.5 Å². The van der Waals surface area contributed by atoms with Gasteiger partial charge in [0, 0.05) is 30.7 Å². The number of nitrogens with zero attached hydrogens (tertiary/aromatic N) is 3. The molecule has 1 N–H and O–H groups in total. The van der Waals surface area contributed by atoms with Gasteiger partial charge in [-0.2, -0.15) is 5.26 Å². The lowest BCUT2D eigenvalue weighted by Gasteiger charge is -2.36. The maximum atomic E-state index is 11.4. The molecule has 0 saturated carbocycles. The molecule has 1 fully saturated rings. The van der Waals surface area contributed by atoms with Crippen molar-refractivity contribution in [3.8, 4) is 6.07 Å². The predicted octanol–water partition coefficient (Wildman–Crippen LogP) is 0.962. The van der Waals surface area contributed by atoms with Crippen molar-refractivity contribution in [2.75, 3.05) is 37.7 Å². The average molecular weight is 324 g/mol. The van der Waals surface area contributed by atoms with Gasteiger partial charge in [0.1, 0.15) is 12.7 Å². The second kappa shape index (κ2) is 6.04. The molecule has 1 aliphatic heterocycles. The number of anilines is 1. The highest BCUT2D eigenvalue weighted by atomic mass is 79.9. The molecule has 6 heteroatoms. The Hall–Kier alpha value is -1.58. The number of aliphatic hydroxyl groups excluding tert-OH is 1. The monoisotopic (exact) mass is 323 g/mol. The van der Waals surface area contributed by atoms with E-state index in [1.165, 1.54) is 0 Å². The Bertz CT molecular complexity index is 519. The largest absolute Gasteiger partial charge is 0.387 e. The summed E-state index contributed by atoms with van der Waals surface area (Å²) >= 11 is 3.35. The Kier molecular flexibility index (Phi) is 4.40. The average Bonchev–Trinajstić information content (AvgIpc) is 2.46. The number of piperazine rings is 1. The number of halogens is 1. The van der Waals surface area contributed by atoms with E-state index in [2.05, 4.69) is 26.9 Å². The van der Waals surface area contributed by atoms with Gasteiger partial charge >= 0.3 is 0 Å². The van der Waals surface area contributed by atoms with E-state index in [0.29, 0.717) is 31.7 Å². The van der Waals surface area contributed by atoms with Crippen LogP contribution in [-0.2, 0) is 4.79 Å². The van der Waals surface area contributed by atoms with Gasteiger partial charge in [-0.25, -0.2) is 0 Å². The summed E-state index contributed by atoms with van der Waals surface area (Å²) in [5, 5.41) is 18.0. The highest BCUT2D eigenvalue weighted by molar-refractivity contribution is 9.10. The highest BCUT2D eigenvalue weighted by Crippen LogP contribution is 2.25. The maximum absolute atomic E-state index is 11.4. The van der Waals surface area contributed by atoms with Crippen LogP contribution in [0.25, 0.3) is 0 Å². The first-order valence-corrected chi connectivity index (χ1v) is 6.78. The topological polar surface area (TPSA) is 67.6 Å². The van der Waals surface area contributed by atoms with Crippen molar-refractivity contribution in [2.45, 2.75) is 0 Å². The number of benzene rings is 1. The first kappa shape index (κ1) is 13.8.